The van der Waals surface area contributed by atoms with Crippen LogP contribution in [-0.4, -0.2) is 32.1 Å². The van der Waals surface area contributed by atoms with Crippen molar-refractivity contribution in [2.24, 2.45) is 11.8 Å². The van der Waals surface area contributed by atoms with Gasteiger partial charge >= 0.3 is 0 Å². The van der Waals surface area contributed by atoms with Crippen LogP contribution in [-0.2, 0) is 4.79 Å². The highest BCUT2D eigenvalue weighted by molar-refractivity contribution is 5.91. The number of amides is 1. The predicted octanol–water partition coefficient (Wildman–Crippen LogP) is 3.50. The third-order valence-electron chi connectivity index (χ3n) is 4.38. The second-order valence-corrected chi connectivity index (χ2v) is 7.11. The number of anilines is 2. The van der Waals surface area contributed by atoms with E-state index in [-0.39, 0.29) is 5.91 Å². The Hall–Kier alpha value is -1.55. The lowest BCUT2D eigenvalue weighted by Crippen LogP contribution is -2.32. The molecule has 0 spiro atoms. The molecule has 1 fully saturated rings. The number of nitrogens with one attached hydrogen (secondary N) is 2. The van der Waals surface area contributed by atoms with E-state index >= 15 is 0 Å². The average Bonchev–Trinajstić information content (AvgIpc) is 2.53. The molecule has 1 aromatic carbocycles. The standard InChI is InChI=1S/C19H31N3O/c1-15(2)14-20-11-8-19(23)21-17-4-6-18(7-5-17)22-12-9-16(3)10-13-22/h4-7,15-16,20H,8-14H2,1-3H3,(H,21,23). The van der Waals surface area contributed by atoms with E-state index in [1.807, 2.05) is 12.1 Å². The minimum absolute atomic E-state index is 0.0702. The van der Waals surface area contributed by atoms with Gasteiger partial charge in [-0.2, -0.15) is 0 Å². The number of carbonyl (C=O) groups is 1. The summed E-state index contributed by atoms with van der Waals surface area (Å²) < 4.78 is 0. The summed E-state index contributed by atoms with van der Waals surface area (Å²) in [4.78, 5) is 14.4. The first-order valence-corrected chi connectivity index (χ1v) is 8.90. The maximum atomic E-state index is 11.9. The van der Waals surface area contributed by atoms with Crippen LogP contribution < -0.4 is 15.5 Å². The number of rotatable bonds is 7. The van der Waals surface area contributed by atoms with E-state index in [1.165, 1.54) is 18.5 Å². The monoisotopic (exact) mass is 317 g/mol. The van der Waals surface area contributed by atoms with E-state index in [9.17, 15) is 4.79 Å². The van der Waals surface area contributed by atoms with Gasteiger partial charge in [-0.3, -0.25) is 4.79 Å². The fourth-order valence-electron chi connectivity index (χ4n) is 2.84. The lowest BCUT2D eigenvalue weighted by Gasteiger charge is -2.32. The molecular formula is C19H31N3O. The van der Waals surface area contributed by atoms with E-state index in [2.05, 4.69) is 48.4 Å². The Morgan fingerprint density at radius 1 is 1.22 bits per heavy atom. The summed E-state index contributed by atoms with van der Waals surface area (Å²) in [5.74, 6) is 1.53. The summed E-state index contributed by atoms with van der Waals surface area (Å²) >= 11 is 0. The van der Waals surface area contributed by atoms with Crippen LogP contribution in [0.15, 0.2) is 24.3 Å². The molecule has 0 aliphatic carbocycles. The minimum Gasteiger partial charge on any atom is -0.372 e. The van der Waals surface area contributed by atoms with E-state index in [0.717, 1.165) is 37.8 Å². The van der Waals surface area contributed by atoms with Gasteiger partial charge in [-0.1, -0.05) is 20.8 Å². The zero-order valence-corrected chi connectivity index (χ0v) is 14.8. The summed E-state index contributed by atoms with van der Waals surface area (Å²) in [5.41, 5.74) is 2.14. The Kier molecular flexibility index (Phi) is 6.90. The number of carbonyl (C=O) groups excluding carboxylic acids is 1. The molecule has 4 nitrogen and oxygen atoms in total. The highest BCUT2D eigenvalue weighted by Gasteiger charge is 2.15. The number of piperidine rings is 1. The molecule has 23 heavy (non-hydrogen) atoms. The van der Waals surface area contributed by atoms with Crippen LogP contribution in [0, 0.1) is 11.8 Å². The molecule has 4 heteroatoms. The van der Waals surface area contributed by atoms with Gasteiger partial charge in [0.05, 0.1) is 0 Å². The first-order valence-electron chi connectivity index (χ1n) is 8.90. The molecule has 0 unspecified atom stereocenters. The van der Waals surface area contributed by atoms with Crippen LogP contribution in [0.2, 0.25) is 0 Å². The van der Waals surface area contributed by atoms with Gasteiger partial charge in [0.2, 0.25) is 5.91 Å². The van der Waals surface area contributed by atoms with Gasteiger partial charge in [0.1, 0.15) is 0 Å². The molecule has 1 aliphatic heterocycles. The normalized spacial score (nSPS) is 15.9. The van der Waals surface area contributed by atoms with Crippen LogP contribution in [0.1, 0.15) is 40.0 Å². The molecule has 1 saturated heterocycles. The van der Waals surface area contributed by atoms with Crippen LogP contribution >= 0.6 is 0 Å². The predicted molar refractivity (Wildman–Crippen MR) is 98.0 cm³/mol. The molecule has 1 heterocycles. The first kappa shape index (κ1) is 17.8. The quantitative estimate of drug-likeness (QED) is 0.757. The summed E-state index contributed by atoms with van der Waals surface area (Å²) in [6.07, 6.45) is 3.04. The van der Waals surface area contributed by atoms with Gasteiger partial charge in [-0.15, -0.1) is 0 Å². The van der Waals surface area contributed by atoms with E-state index in [1.54, 1.807) is 0 Å². The molecule has 1 amide bonds. The zero-order chi connectivity index (χ0) is 16.7. The number of hydrogen-bond acceptors (Lipinski definition) is 3. The molecule has 128 valence electrons. The molecule has 0 atom stereocenters. The summed E-state index contributed by atoms with van der Waals surface area (Å²) in [6.45, 7) is 10.6. The summed E-state index contributed by atoms with van der Waals surface area (Å²) in [5, 5.41) is 6.26. The van der Waals surface area contributed by atoms with Gasteiger partial charge < -0.3 is 15.5 Å². The van der Waals surface area contributed by atoms with Gasteiger partial charge in [0, 0.05) is 37.4 Å². The molecule has 0 aromatic heterocycles. The topological polar surface area (TPSA) is 44.4 Å². The van der Waals surface area contributed by atoms with Gasteiger partial charge in [-0.05, 0) is 55.5 Å². The second kappa shape index (κ2) is 8.92. The van der Waals surface area contributed by atoms with E-state index < -0.39 is 0 Å². The van der Waals surface area contributed by atoms with Crippen molar-refractivity contribution < 1.29 is 4.79 Å². The Labute approximate surface area is 140 Å². The van der Waals surface area contributed by atoms with Crippen molar-refractivity contribution in [3.05, 3.63) is 24.3 Å². The Balaban J connectivity index is 1.75. The summed E-state index contributed by atoms with van der Waals surface area (Å²) in [6, 6.07) is 8.24. The Morgan fingerprint density at radius 2 is 1.87 bits per heavy atom. The molecule has 0 saturated carbocycles. The number of benzene rings is 1. The second-order valence-electron chi connectivity index (χ2n) is 7.11. The maximum Gasteiger partial charge on any atom is 0.225 e. The zero-order valence-electron chi connectivity index (χ0n) is 14.8. The van der Waals surface area contributed by atoms with Crippen LogP contribution in [0.25, 0.3) is 0 Å². The number of hydrogen-bond donors (Lipinski definition) is 2. The minimum atomic E-state index is 0.0702. The molecule has 0 radical (unpaired) electrons. The molecule has 1 aliphatic rings. The SMILES string of the molecule is CC(C)CNCCC(=O)Nc1ccc(N2CCC(C)CC2)cc1. The molecule has 1 aromatic rings. The van der Waals surface area contributed by atoms with Crippen molar-refractivity contribution in [3.8, 4) is 0 Å². The van der Waals surface area contributed by atoms with Crippen molar-refractivity contribution in [1.29, 1.82) is 0 Å². The highest BCUT2D eigenvalue weighted by atomic mass is 16.1. The molecule has 0 bridgehead atoms. The first-order chi connectivity index (χ1) is 11.0. The van der Waals surface area contributed by atoms with E-state index in [0.29, 0.717) is 12.3 Å². The van der Waals surface area contributed by atoms with Crippen molar-refractivity contribution in [1.82, 2.24) is 5.32 Å². The molecular weight excluding hydrogens is 286 g/mol. The van der Waals surface area contributed by atoms with Gasteiger partial charge in [-0.25, -0.2) is 0 Å². The third kappa shape index (κ3) is 6.22. The smallest absolute Gasteiger partial charge is 0.225 e. The Bertz CT molecular complexity index is 476. The fraction of sp³-hybridized carbons (Fsp3) is 0.632. The van der Waals surface area contributed by atoms with Crippen LogP contribution in [0.3, 0.4) is 0 Å². The van der Waals surface area contributed by atoms with Gasteiger partial charge in [0.25, 0.3) is 0 Å². The van der Waals surface area contributed by atoms with Crippen LogP contribution in [0.5, 0.6) is 0 Å². The number of nitrogens with zero attached hydrogens (tertiary/aromatic N) is 1. The maximum absolute atomic E-state index is 11.9. The largest absolute Gasteiger partial charge is 0.372 e. The van der Waals surface area contributed by atoms with E-state index in [4.69, 9.17) is 0 Å². The van der Waals surface area contributed by atoms with Crippen molar-refractivity contribution in [2.75, 3.05) is 36.4 Å². The fourth-order valence-corrected chi connectivity index (χ4v) is 2.84. The molecule has 2 rings (SSSR count). The summed E-state index contributed by atoms with van der Waals surface area (Å²) in [7, 11) is 0. The lowest BCUT2D eigenvalue weighted by molar-refractivity contribution is -0.116. The van der Waals surface area contributed by atoms with Crippen molar-refractivity contribution in [3.63, 3.8) is 0 Å². The lowest BCUT2D eigenvalue weighted by atomic mass is 9.99. The molecule has 2 N–H and O–H groups in total. The average molecular weight is 317 g/mol. The third-order valence-corrected chi connectivity index (χ3v) is 4.38. The Morgan fingerprint density at radius 3 is 2.48 bits per heavy atom. The van der Waals surface area contributed by atoms with Crippen LogP contribution in [0.4, 0.5) is 11.4 Å². The van der Waals surface area contributed by atoms with Crippen molar-refractivity contribution >= 4 is 17.3 Å². The van der Waals surface area contributed by atoms with Crippen molar-refractivity contribution in [2.45, 2.75) is 40.0 Å². The van der Waals surface area contributed by atoms with Gasteiger partial charge in [0.15, 0.2) is 0 Å². The highest BCUT2D eigenvalue weighted by Crippen LogP contribution is 2.24.